The summed E-state index contributed by atoms with van der Waals surface area (Å²) in [4.78, 5) is 0. The first kappa shape index (κ1) is 10.3. The molecule has 82 valence electrons. The Morgan fingerprint density at radius 1 is 1.27 bits per heavy atom. The summed E-state index contributed by atoms with van der Waals surface area (Å²) in [5.74, 6) is 1.01. The third-order valence-corrected chi connectivity index (χ3v) is 2.85. The summed E-state index contributed by atoms with van der Waals surface area (Å²) in [6.07, 6.45) is 5.48. The molecule has 0 atom stereocenters. The van der Waals surface area contributed by atoms with Gasteiger partial charge in [0.25, 0.3) is 0 Å². The Bertz CT molecular complexity index is 305. The average Bonchev–Trinajstić information content (AvgIpc) is 2.74. The van der Waals surface area contributed by atoms with Crippen LogP contribution in [0.15, 0.2) is 24.3 Å². The SMILES string of the molecule is CCNc1ccccc1OC1CCCC1. The van der Waals surface area contributed by atoms with Crippen LogP contribution in [0.3, 0.4) is 0 Å². The minimum Gasteiger partial charge on any atom is -0.488 e. The first-order valence-electron chi connectivity index (χ1n) is 5.89. The first-order valence-corrected chi connectivity index (χ1v) is 5.89. The number of rotatable bonds is 4. The first-order chi connectivity index (χ1) is 7.40. The van der Waals surface area contributed by atoms with E-state index in [1.54, 1.807) is 0 Å². The molecule has 0 unspecified atom stereocenters. The van der Waals surface area contributed by atoms with Gasteiger partial charge < -0.3 is 10.1 Å². The van der Waals surface area contributed by atoms with Crippen LogP contribution in [-0.4, -0.2) is 12.6 Å². The van der Waals surface area contributed by atoms with Gasteiger partial charge in [-0.15, -0.1) is 0 Å². The highest BCUT2D eigenvalue weighted by Gasteiger charge is 2.17. The molecular weight excluding hydrogens is 186 g/mol. The van der Waals surface area contributed by atoms with Gasteiger partial charge >= 0.3 is 0 Å². The Labute approximate surface area is 91.6 Å². The standard InChI is InChI=1S/C13H19NO/c1-2-14-12-9-5-6-10-13(12)15-11-7-3-4-8-11/h5-6,9-11,14H,2-4,7-8H2,1H3. The third kappa shape index (κ3) is 2.65. The number of hydrogen-bond acceptors (Lipinski definition) is 2. The molecule has 1 aromatic carbocycles. The van der Waals surface area contributed by atoms with Gasteiger partial charge in [-0.05, 0) is 44.7 Å². The van der Waals surface area contributed by atoms with E-state index in [0.29, 0.717) is 6.10 Å². The van der Waals surface area contributed by atoms with E-state index < -0.39 is 0 Å². The topological polar surface area (TPSA) is 21.3 Å². The van der Waals surface area contributed by atoms with Crippen molar-refractivity contribution in [1.82, 2.24) is 0 Å². The van der Waals surface area contributed by atoms with Crippen molar-refractivity contribution in [2.75, 3.05) is 11.9 Å². The zero-order chi connectivity index (χ0) is 10.5. The molecule has 0 spiro atoms. The highest BCUT2D eigenvalue weighted by atomic mass is 16.5. The maximum atomic E-state index is 6.00. The Kier molecular flexibility index (Phi) is 3.49. The van der Waals surface area contributed by atoms with Crippen molar-refractivity contribution in [2.24, 2.45) is 0 Å². The van der Waals surface area contributed by atoms with Crippen LogP contribution in [0.25, 0.3) is 0 Å². The molecule has 0 aromatic heterocycles. The van der Waals surface area contributed by atoms with Gasteiger partial charge in [-0.1, -0.05) is 12.1 Å². The van der Waals surface area contributed by atoms with Crippen molar-refractivity contribution in [3.05, 3.63) is 24.3 Å². The second-order valence-electron chi connectivity index (χ2n) is 4.05. The predicted molar refractivity (Wildman–Crippen MR) is 63.5 cm³/mol. The summed E-state index contributed by atoms with van der Waals surface area (Å²) in [6.45, 7) is 3.04. The van der Waals surface area contributed by atoms with Gasteiger partial charge in [0, 0.05) is 6.54 Å². The maximum Gasteiger partial charge on any atom is 0.142 e. The molecule has 15 heavy (non-hydrogen) atoms. The Morgan fingerprint density at radius 3 is 2.73 bits per heavy atom. The van der Waals surface area contributed by atoms with Crippen LogP contribution >= 0.6 is 0 Å². The van der Waals surface area contributed by atoms with Gasteiger partial charge in [-0.2, -0.15) is 0 Å². The fraction of sp³-hybridized carbons (Fsp3) is 0.538. The van der Waals surface area contributed by atoms with Crippen molar-refractivity contribution < 1.29 is 4.74 Å². The summed E-state index contributed by atoms with van der Waals surface area (Å²) < 4.78 is 6.00. The fourth-order valence-electron chi connectivity index (χ4n) is 2.09. The molecule has 1 aliphatic carbocycles. The molecule has 1 aromatic rings. The van der Waals surface area contributed by atoms with Crippen LogP contribution in [0.5, 0.6) is 5.75 Å². The van der Waals surface area contributed by atoms with Gasteiger partial charge in [-0.25, -0.2) is 0 Å². The molecule has 2 rings (SSSR count). The minimum absolute atomic E-state index is 0.435. The molecule has 0 saturated heterocycles. The lowest BCUT2D eigenvalue weighted by Gasteiger charge is -2.16. The van der Waals surface area contributed by atoms with Crippen LogP contribution in [-0.2, 0) is 0 Å². The third-order valence-electron chi connectivity index (χ3n) is 2.85. The Morgan fingerprint density at radius 2 is 2.00 bits per heavy atom. The summed E-state index contributed by atoms with van der Waals surface area (Å²) in [7, 11) is 0. The van der Waals surface area contributed by atoms with Crippen LogP contribution in [0, 0.1) is 0 Å². The number of hydrogen-bond donors (Lipinski definition) is 1. The quantitative estimate of drug-likeness (QED) is 0.813. The number of benzene rings is 1. The van der Waals surface area contributed by atoms with E-state index in [2.05, 4.69) is 24.4 Å². The highest BCUT2D eigenvalue weighted by Crippen LogP contribution is 2.29. The van der Waals surface area contributed by atoms with Crippen molar-refractivity contribution in [2.45, 2.75) is 38.7 Å². The summed E-state index contributed by atoms with van der Waals surface area (Å²) >= 11 is 0. The van der Waals surface area contributed by atoms with Crippen molar-refractivity contribution >= 4 is 5.69 Å². The summed E-state index contributed by atoms with van der Waals surface area (Å²) in [5, 5.41) is 3.33. The lowest BCUT2D eigenvalue weighted by Crippen LogP contribution is -2.12. The molecule has 1 fully saturated rings. The molecule has 0 amide bonds. The van der Waals surface area contributed by atoms with Gasteiger partial charge in [0.15, 0.2) is 0 Å². The van der Waals surface area contributed by atoms with Crippen molar-refractivity contribution in [3.63, 3.8) is 0 Å². The monoisotopic (exact) mass is 205 g/mol. The summed E-state index contributed by atoms with van der Waals surface area (Å²) in [5.41, 5.74) is 1.12. The van der Waals surface area contributed by atoms with Gasteiger partial charge in [0.05, 0.1) is 11.8 Å². The molecule has 0 bridgehead atoms. The lowest BCUT2D eigenvalue weighted by atomic mass is 10.2. The molecule has 2 nitrogen and oxygen atoms in total. The number of para-hydroxylation sites is 2. The zero-order valence-electron chi connectivity index (χ0n) is 9.33. The average molecular weight is 205 g/mol. The lowest BCUT2D eigenvalue weighted by molar-refractivity contribution is 0.211. The van der Waals surface area contributed by atoms with Crippen LogP contribution in [0.4, 0.5) is 5.69 Å². The molecule has 0 radical (unpaired) electrons. The number of nitrogens with one attached hydrogen (secondary N) is 1. The second-order valence-corrected chi connectivity index (χ2v) is 4.05. The van der Waals surface area contributed by atoms with E-state index in [-0.39, 0.29) is 0 Å². The van der Waals surface area contributed by atoms with Gasteiger partial charge in [0.2, 0.25) is 0 Å². The molecule has 0 heterocycles. The number of ether oxygens (including phenoxy) is 1. The van der Waals surface area contributed by atoms with E-state index in [1.807, 2.05) is 12.1 Å². The van der Waals surface area contributed by atoms with Gasteiger partial charge in [-0.3, -0.25) is 0 Å². The minimum atomic E-state index is 0.435. The Hall–Kier alpha value is -1.18. The highest BCUT2D eigenvalue weighted by molar-refractivity contribution is 5.56. The molecule has 1 N–H and O–H groups in total. The van der Waals surface area contributed by atoms with Crippen LogP contribution in [0.2, 0.25) is 0 Å². The zero-order valence-corrected chi connectivity index (χ0v) is 9.33. The van der Waals surface area contributed by atoms with Crippen LogP contribution in [0.1, 0.15) is 32.6 Å². The van der Waals surface area contributed by atoms with E-state index in [9.17, 15) is 0 Å². The number of anilines is 1. The molecular formula is C13H19NO. The molecule has 1 aliphatic rings. The normalized spacial score (nSPS) is 16.6. The predicted octanol–water partition coefficient (Wildman–Crippen LogP) is 3.44. The second kappa shape index (κ2) is 5.06. The van der Waals surface area contributed by atoms with Crippen molar-refractivity contribution in [3.8, 4) is 5.75 Å². The Balaban J connectivity index is 2.05. The smallest absolute Gasteiger partial charge is 0.142 e. The summed E-state index contributed by atoms with van der Waals surface area (Å²) in [6, 6.07) is 8.20. The van der Waals surface area contributed by atoms with E-state index in [4.69, 9.17) is 4.74 Å². The maximum absolute atomic E-state index is 6.00. The van der Waals surface area contributed by atoms with Crippen molar-refractivity contribution in [1.29, 1.82) is 0 Å². The molecule has 1 saturated carbocycles. The fourth-order valence-corrected chi connectivity index (χ4v) is 2.09. The van der Waals surface area contributed by atoms with Crippen LogP contribution < -0.4 is 10.1 Å². The van der Waals surface area contributed by atoms with E-state index in [0.717, 1.165) is 18.0 Å². The molecule has 0 aliphatic heterocycles. The molecule has 2 heteroatoms. The van der Waals surface area contributed by atoms with Gasteiger partial charge in [0.1, 0.15) is 5.75 Å². The van der Waals surface area contributed by atoms with E-state index >= 15 is 0 Å². The largest absolute Gasteiger partial charge is 0.488 e. The van der Waals surface area contributed by atoms with E-state index in [1.165, 1.54) is 25.7 Å².